The van der Waals surface area contributed by atoms with E-state index in [9.17, 15) is 28.7 Å². The number of aliphatic hydroxyl groups excluding tert-OH is 1. The number of nitrogens with zero attached hydrogens (tertiary/aromatic N) is 13. The van der Waals surface area contributed by atoms with Gasteiger partial charge >= 0.3 is 29.0 Å². The number of carbonyl (C=O) groups is 3. The van der Waals surface area contributed by atoms with Crippen LogP contribution in [-0.2, 0) is 86.6 Å². The van der Waals surface area contributed by atoms with Gasteiger partial charge in [-0.2, -0.15) is 5.10 Å². The van der Waals surface area contributed by atoms with Gasteiger partial charge < -0.3 is 43.1 Å². The van der Waals surface area contributed by atoms with Crippen LogP contribution in [-0.4, -0.2) is 143 Å². The Labute approximate surface area is 476 Å². The van der Waals surface area contributed by atoms with Crippen LogP contribution in [0.25, 0.3) is 34.6 Å². The molecule has 1 aromatic carbocycles. The number of aliphatic carboxylic acids is 2. The fourth-order valence-corrected chi connectivity index (χ4v) is 10.1. The summed E-state index contributed by atoms with van der Waals surface area (Å²) in [7, 11) is 7.58. The first-order chi connectivity index (χ1) is 39.8. The molecular weight excluding hydrogens is 1080 g/mol. The van der Waals surface area contributed by atoms with Gasteiger partial charge in [-0.1, -0.05) is 18.2 Å². The minimum Gasteiger partial charge on any atom is -0.473 e. The number of nitrogen functional groups attached to an aromatic ring is 1. The number of aryl methyl sites for hydroxylation is 4. The first kappa shape index (κ1) is 61.9. The van der Waals surface area contributed by atoms with Crippen molar-refractivity contribution < 1.29 is 43.6 Å². The SMILES string of the molecule is CCn1c(-c2cccn2C)n[nH]c1=O.CCn1c(-c2cccn2C)nn(CC(O)CN2C3CCC2CC(OCc2ccccc2F)C3)c1=O.CCn1c(-c2cccn2C)nn(CC2CO2)c1=O.Cn1cccc1C(=O)NN.O=C(O)C(=O)O. The molecule has 83 heavy (non-hydrogen) atoms. The van der Waals surface area contributed by atoms with Crippen molar-refractivity contribution in [2.24, 2.45) is 34.0 Å². The molecule has 7 N–H and O–H groups in total. The number of nitrogens with one attached hydrogen (secondary N) is 2. The third kappa shape index (κ3) is 15.3. The van der Waals surface area contributed by atoms with Gasteiger partial charge in [0.15, 0.2) is 17.5 Å². The van der Waals surface area contributed by atoms with E-state index >= 15 is 0 Å². The lowest BCUT2D eigenvalue weighted by Gasteiger charge is -2.39. The molecule has 7 aromatic heterocycles. The van der Waals surface area contributed by atoms with Gasteiger partial charge in [-0.25, -0.2) is 48.7 Å². The Bertz CT molecular complexity index is 3600. The number of carboxylic acids is 2. The van der Waals surface area contributed by atoms with Crippen molar-refractivity contribution in [2.45, 2.75) is 116 Å². The van der Waals surface area contributed by atoms with Crippen molar-refractivity contribution in [1.29, 1.82) is 0 Å². The van der Waals surface area contributed by atoms with E-state index < -0.39 is 18.0 Å². The summed E-state index contributed by atoms with van der Waals surface area (Å²) in [5.41, 5.74) is 5.51. The summed E-state index contributed by atoms with van der Waals surface area (Å²) < 4.78 is 40.5. The number of rotatable bonds is 16. The molecule has 0 aliphatic carbocycles. The topological polar surface area (TPSA) is 325 Å². The molecule has 3 aliphatic heterocycles. The summed E-state index contributed by atoms with van der Waals surface area (Å²) in [6, 6.07) is 22.5. The number of carbonyl (C=O) groups excluding carboxylic acids is 1. The lowest BCUT2D eigenvalue weighted by atomic mass is 9.99. The van der Waals surface area contributed by atoms with Gasteiger partial charge in [-0.3, -0.25) is 28.8 Å². The van der Waals surface area contributed by atoms with Crippen LogP contribution in [0.2, 0.25) is 0 Å². The highest BCUT2D eigenvalue weighted by atomic mass is 19.1. The summed E-state index contributed by atoms with van der Waals surface area (Å²) in [6.07, 6.45) is 11.0. The van der Waals surface area contributed by atoms with E-state index in [-0.39, 0.29) is 54.2 Å². The Morgan fingerprint density at radius 3 is 1.66 bits per heavy atom. The zero-order valence-electron chi connectivity index (χ0n) is 47.5. The fourth-order valence-electron chi connectivity index (χ4n) is 10.1. The van der Waals surface area contributed by atoms with Crippen molar-refractivity contribution in [3.8, 4) is 34.6 Å². The van der Waals surface area contributed by atoms with Gasteiger partial charge in [-0.15, -0.1) is 10.2 Å². The molecule has 27 nitrogen and oxygen atoms in total. The standard InChI is InChI=1S/C26H34FN5O3.C12H16N4O2.C9H12N4O.C6H9N3O.C2H2O4/c1-3-30-25(24-9-6-12-29(24)2)28-32(26(30)34)16-21(33)15-31-19-10-11-20(31)14-22(13-19)35-17-18-7-4-5-8-23(18)27;1-3-15-11(10-5-4-6-14(10)2)13-16(12(15)17)7-9-8-18-9;1-3-13-8(10-11-9(13)14)7-5-4-6-12(7)2;1-9-4-2-3-5(9)6(10)8-7;3-1(4)2(5)6/h4-9,12,19-22,33H,3,10-11,13-17H2,1-2H3;4-6,9H,3,7-8H2,1-2H3;4-6H,3H2,1-2H3,(H,11,14);2-4H,7H2,1H3,(H,8,10);(H,3,4)(H,5,6). The van der Waals surface area contributed by atoms with E-state index in [2.05, 4.69) is 25.3 Å². The number of carboxylic acid groups (broad SMARTS) is 2. The smallest absolute Gasteiger partial charge is 0.414 e. The van der Waals surface area contributed by atoms with E-state index in [4.69, 9.17) is 35.1 Å². The van der Waals surface area contributed by atoms with Crippen LogP contribution in [0.5, 0.6) is 0 Å². The number of halogens is 1. The molecule has 28 heteroatoms. The van der Waals surface area contributed by atoms with E-state index in [1.54, 1.807) is 55.8 Å². The monoisotopic (exact) mass is 1150 g/mol. The lowest BCUT2D eigenvalue weighted by Crippen LogP contribution is -2.49. The van der Waals surface area contributed by atoms with Crippen molar-refractivity contribution in [3.05, 3.63) is 146 Å². The fraction of sp³-hybridized carbons (Fsp3) is 0.436. The number of epoxide rings is 1. The van der Waals surface area contributed by atoms with E-state index in [0.29, 0.717) is 67.7 Å². The summed E-state index contributed by atoms with van der Waals surface area (Å²) in [6.45, 7) is 9.76. The largest absolute Gasteiger partial charge is 0.473 e. The number of nitrogens with two attached hydrogens (primary N) is 1. The molecule has 0 radical (unpaired) electrons. The molecule has 0 saturated carbocycles. The van der Waals surface area contributed by atoms with Crippen molar-refractivity contribution in [3.63, 3.8) is 0 Å². The Morgan fingerprint density at radius 2 is 1.20 bits per heavy atom. The van der Waals surface area contributed by atoms with Crippen LogP contribution >= 0.6 is 0 Å². The molecule has 2 bridgehead atoms. The zero-order chi connectivity index (χ0) is 60.1. The van der Waals surface area contributed by atoms with Gasteiger partial charge in [0.2, 0.25) is 0 Å². The number of piperidine rings is 1. The highest BCUT2D eigenvalue weighted by Crippen LogP contribution is 2.37. The predicted octanol–water partition coefficient (Wildman–Crippen LogP) is 2.63. The number of benzene rings is 1. The first-order valence-corrected chi connectivity index (χ1v) is 27.1. The Hall–Kier alpha value is -8.70. The summed E-state index contributed by atoms with van der Waals surface area (Å²) in [5, 5.41) is 41.1. The summed E-state index contributed by atoms with van der Waals surface area (Å²) in [5.74, 6) is 2.79. The third-order valence-corrected chi connectivity index (χ3v) is 14.4. The number of aromatic amines is 1. The number of aromatic nitrogens is 13. The minimum absolute atomic E-state index is 0.0656. The number of hydrazine groups is 1. The lowest BCUT2D eigenvalue weighted by molar-refractivity contribution is -0.159. The van der Waals surface area contributed by atoms with Crippen molar-refractivity contribution >= 4 is 17.8 Å². The molecule has 1 amide bonds. The quantitative estimate of drug-likeness (QED) is 0.0266. The number of hydrogen-bond donors (Lipinski definition) is 6. The number of aliphatic hydroxyl groups is 1. The number of ether oxygens (including phenoxy) is 2. The van der Waals surface area contributed by atoms with Crippen LogP contribution in [0.3, 0.4) is 0 Å². The molecule has 3 aliphatic rings. The molecule has 11 rings (SSSR count). The Morgan fingerprint density at radius 1 is 0.711 bits per heavy atom. The Kier molecular flexibility index (Phi) is 21.1. The number of amides is 1. The summed E-state index contributed by atoms with van der Waals surface area (Å²) >= 11 is 0. The first-order valence-electron chi connectivity index (χ1n) is 27.1. The van der Waals surface area contributed by atoms with E-state index in [0.717, 1.165) is 55.2 Å². The maximum atomic E-state index is 13.9. The van der Waals surface area contributed by atoms with Gasteiger partial charge in [0.05, 0.1) is 55.6 Å². The molecule has 10 heterocycles. The average molecular weight is 1150 g/mol. The highest BCUT2D eigenvalue weighted by molar-refractivity contribution is 6.27. The maximum absolute atomic E-state index is 13.9. The van der Waals surface area contributed by atoms with Crippen LogP contribution in [0.15, 0.2) is 112 Å². The molecule has 3 saturated heterocycles. The second-order valence-corrected chi connectivity index (χ2v) is 19.9. The van der Waals surface area contributed by atoms with Crippen LogP contribution in [0.4, 0.5) is 4.39 Å². The molecule has 3 fully saturated rings. The summed E-state index contributed by atoms with van der Waals surface area (Å²) in [4.78, 5) is 67.8. The van der Waals surface area contributed by atoms with Crippen LogP contribution in [0, 0.1) is 5.82 Å². The molecule has 4 atom stereocenters. The number of H-pyrrole nitrogens is 1. The molecular formula is C55H73FN16O11. The van der Waals surface area contributed by atoms with Gasteiger partial charge in [0.1, 0.15) is 17.6 Å². The zero-order valence-corrected chi connectivity index (χ0v) is 47.5. The Balaban J connectivity index is 0.000000171. The average Bonchev–Trinajstić information content (AvgIpc) is 3.46. The van der Waals surface area contributed by atoms with Crippen molar-refractivity contribution in [2.75, 3.05) is 13.2 Å². The third-order valence-electron chi connectivity index (χ3n) is 14.4. The molecule has 0 spiro atoms. The van der Waals surface area contributed by atoms with Gasteiger partial charge in [0.25, 0.3) is 5.91 Å². The van der Waals surface area contributed by atoms with Crippen LogP contribution < -0.4 is 28.3 Å². The number of fused-ring (bicyclic) bond motifs is 2. The molecule has 8 aromatic rings. The second kappa shape index (κ2) is 28.3. The minimum atomic E-state index is -1.82. The van der Waals surface area contributed by atoms with Gasteiger partial charge in [0, 0.05) is 96.8 Å². The van der Waals surface area contributed by atoms with Gasteiger partial charge in [-0.05, 0) is 101 Å². The van der Waals surface area contributed by atoms with E-state index in [1.165, 1.54) is 15.4 Å². The predicted molar refractivity (Wildman–Crippen MR) is 302 cm³/mol. The molecule has 446 valence electrons. The van der Waals surface area contributed by atoms with Crippen molar-refractivity contribution in [1.82, 2.24) is 72.1 Å². The second-order valence-electron chi connectivity index (χ2n) is 19.9. The van der Waals surface area contributed by atoms with E-state index in [1.807, 2.05) is 122 Å². The highest BCUT2D eigenvalue weighted by Gasteiger charge is 2.42. The number of hydrogen-bond acceptors (Lipinski definition) is 14. The maximum Gasteiger partial charge on any atom is 0.414 e. The van der Waals surface area contributed by atoms with Crippen LogP contribution in [0.1, 0.15) is 62.5 Å². The normalized spacial score (nSPS) is 17.2. The molecule has 4 unspecified atom stereocenters.